The van der Waals surface area contributed by atoms with Crippen LogP contribution in [0.3, 0.4) is 0 Å². The van der Waals surface area contributed by atoms with Gasteiger partial charge in [0.1, 0.15) is 5.75 Å². The Kier molecular flexibility index (Phi) is 5.18. The van der Waals surface area contributed by atoms with E-state index < -0.39 is 0 Å². The van der Waals surface area contributed by atoms with Crippen LogP contribution in [0.25, 0.3) is 5.69 Å². The number of aryl methyl sites for hydroxylation is 1. The summed E-state index contributed by atoms with van der Waals surface area (Å²) >= 11 is 0. The van der Waals surface area contributed by atoms with E-state index in [0.717, 1.165) is 28.5 Å². The predicted octanol–water partition coefficient (Wildman–Crippen LogP) is 3.88. The second kappa shape index (κ2) is 7.94. The summed E-state index contributed by atoms with van der Waals surface area (Å²) < 4.78 is 7.36. The molecule has 0 atom stereocenters. The second-order valence-electron chi connectivity index (χ2n) is 7.21. The first kappa shape index (κ1) is 19.6. The SMILES string of the molecule is COc1cccc(-n2c(C)cc(C(=O)Nc3cccc(N4CCNC4=O)c3)c2C)c1. The maximum Gasteiger partial charge on any atom is 0.321 e. The number of carbonyl (C=O) groups is 2. The topological polar surface area (TPSA) is 75.6 Å². The Labute approximate surface area is 175 Å². The summed E-state index contributed by atoms with van der Waals surface area (Å²) in [5.41, 5.74) is 4.72. The summed E-state index contributed by atoms with van der Waals surface area (Å²) in [5, 5.41) is 5.74. The number of nitrogens with one attached hydrogen (secondary N) is 2. The lowest BCUT2D eigenvalue weighted by atomic mass is 10.2. The molecular weight excluding hydrogens is 380 g/mol. The highest BCUT2D eigenvalue weighted by Crippen LogP contribution is 2.26. The van der Waals surface area contributed by atoms with Crippen LogP contribution in [0.1, 0.15) is 21.7 Å². The van der Waals surface area contributed by atoms with E-state index in [1.54, 1.807) is 12.0 Å². The zero-order chi connectivity index (χ0) is 21.3. The van der Waals surface area contributed by atoms with Gasteiger partial charge >= 0.3 is 6.03 Å². The number of anilines is 2. The van der Waals surface area contributed by atoms with E-state index in [-0.39, 0.29) is 11.9 Å². The first-order chi connectivity index (χ1) is 14.5. The number of aromatic nitrogens is 1. The fourth-order valence-electron chi connectivity index (χ4n) is 3.81. The number of ether oxygens (including phenoxy) is 1. The molecule has 7 heteroatoms. The first-order valence-corrected chi connectivity index (χ1v) is 9.78. The summed E-state index contributed by atoms with van der Waals surface area (Å²) in [6.45, 7) is 5.12. The fourth-order valence-corrected chi connectivity index (χ4v) is 3.81. The third kappa shape index (κ3) is 3.61. The Balaban J connectivity index is 1.60. The lowest BCUT2D eigenvalue weighted by Crippen LogP contribution is -2.27. The number of methoxy groups -OCH3 is 1. The predicted molar refractivity (Wildman–Crippen MR) is 117 cm³/mol. The minimum Gasteiger partial charge on any atom is -0.497 e. The molecular formula is C23H24N4O3. The number of rotatable bonds is 5. The van der Waals surface area contributed by atoms with Crippen molar-refractivity contribution in [2.45, 2.75) is 13.8 Å². The molecule has 1 saturated heterocycles. The molecule has 1 fully saturated rings. The number of hydrogen-bond acceptors (Lipinski definition) is 3. The molecule has 3 amide bonds. The van der Waals surface area contributed by atoms with Crippen molar-refractivity contribution in [3.05, 3.63) is 71.5 Å². The smallest absolute Gasteiger partial charge is 0.321 e. The van der Waals surface area contributed by atoms with E-state index in [1.165, 1.54) is 0 Å². The normalized spacial score (nSPS) is 13.3. The van der Waals surface area contributed by atoms with Crippen LogP contribution < -0.4 is 20.3 Å². The van der Waals surface area contributed by atoms with Crippen molar-refractivity contribution in [1.29, 1.82) is 0 Å². The average molecular weight is 404 g/mol. The van der Waals surface area contributed by atoms with Crippen LogP contribution in [0.15, 0.2) is 54.6 Å². The van der Waals surface area contributed by atoms with E-state index in [2.05, 4.69) is 10.6 Å². The van der Waals surface area contributed by atoms with Gasteiger partial charge in [0, 0.05) is 47.6 Å². The van der Waals surface area contributed by atoms with Crippen molar-refractivity contribution in [3.8, 4) is 11.4 Å². The number of benzene rings is 2. The van der Waals surface area contributed by atoms with Gasteiger partial charge in [-0.1, -0.05) is 12.1 Å². The van der Waals surface area contributed by atoms with Gasteiger partial charge in [0.2, 0.25) is 0 Å². The molecule has 1 aliphatic rings. The van der Waals surface area contributed by atoms with Crippen LogP contribution in [-0.2, 0) is 0 Å². The van der Waals surface area contributed by atoms with Gasteiger partial charge < -0.3 is 19.9 Å². The van der Waals surface area contributed by atoms with Gasteiger partial charge in [0.05, 0.1) is 12.7 Å². The highest BCUT2D eigenvalue weighted by molar-refractivity contribution is 6.06. The Morgan fingerprint density at radius 1 is 1.07 bits per heavy atom. The quantitative estimate of drug-likeness (QED) is 0.678. The van der Waals surface area contributed by atoms with Crippen LogP contribution in [0.5, 0.6) is 5.75 Å². The molecule has 3 aromatic rings. The van der Waals surface area contributed by atoms with Crippen LogP contribution in [0.2, 0.25) is 0 Å². The molecule has 7 nitrogen and oxygen atoms in total. The molecule has 2 aromatic carbocycles. The van der Waals surface area contributed by atoms with Crippen LogP contribution >= 0.6 is 0 Å². The minimum atomic E-state index is -0.194. The Bertz CT molecular complexity index is 1120. The van der Waals surface area contributed by atoms with Gasteiger partial charge in [-0.05, 0) is 50.2 Å². The van der Waals surface area contributed by atoms with Crippen LogP contribution in [-0.4, -0.2) is 36.7 Å². The Morgan fingerprint density at radius 2 is 1.83 bits per heavy atom. The number of nitrogens with zero attached hydrogens (tertiary/aromatic N) is 2. The lowest BCUT2D eigenvalue weighted by Gasteiger charge is -2.15. The first-order valence-electron chi connectivity index (χ1n) is 9.78. The lowest BCUT2D eigenvalue weighted by molar-refractivity contribution is 0.102. The molecule has 0 bridgehead atoms. The summed E-state index contributed by atoms with van der Waals surface area (Å²) in [4.78, 5) is 26.6. The number of carbonyl (C=O) groups excluding carboxylic acids is 2. The molecule has 2 heterocycles. The molecule has 154 valence electrons. The van der Waals surface area contributed by atoms with Gasteiger partial charge in [-0.3, -0.25) is 9.69 Å². The van der Waals surface area contributed by atoms with Crippen molar-refractivity contribution < 1.29 is 14.3 Å². The van der Waals surface area contributed by atoms with E-state index in [4.69, 9.17) is 4.74 Å². The summed E-state index contributed by atoms with van der Waals surface area (Å²) in [6.07, 6.45) is 0. The molecule has 0 radical (unpaired) electrons. The summed E-state index contributed by atoms with van der Waals surface area (Å²) in [6, 6.07) is 16.8. The zero-order valence-corrected chi connectivity index (χ0v) is 17.2. The Hall–Kier alpha value is -3.74. The molecule has 2 N–H and O–H groups in total. The van der Waals surface area contributed by atoms with E-state index >= 15 is 0 Å². The highest BCUT2D eigenvalue weighted by Gasteiger charge is 2.22. The maximum absolute atomic E-state index is 13.0. The van der Waals surface area contributed by atoms with Gasteiger partial charge in [-0.2, -0.15) is 0 Å². The van der Waals surface area contributed by atoms with Crippen LogP contribution in [0.4, 0.5) is 16.2 Å². The zero-order valence-electron chi connectivity index (χ0n) is 17.2. The molecule has 0 unspecified atom stereocenters. The molecule has 0 spiro atoms. The second-order valence-corrected chi connectivity index (χ2v) is 7.21. The molecule has 1 aliphatic heterocycles. The van der Waals surface area contributed by atoms with Crippen molar-refractivity contribution in [2.75, 3.05) is 30.4 Å². The van der Waals surface area contributed by atoms with Crippen LogP contribution in [0, 0.1) is 13.8 Å². The van der Waals surface area contributed by atoms with Crippen molar-refractivity contribution in [1.82, 2.24) is 9.88 Å². The standard InChI is InChI=1S/C23H24N4O3/c1-15-12-21(16(2)27(15)19-8-5-9-20(14-19)30-3)22(28)25-17-6-4-7-18(13-17)26-11-10-24-23(26)29/h4-9,12-14H,10-11H2,1-3H3,(H,24,29)(H,25,28). The van der Waals surface area contributed by atoms with Gasteiger partial charge in [-0.15, -0.1) is 0 Å². The fraction of sp³-hybridized carbons (Fsp3) is 0.217. The molecule has 0 saturated carbocycles. The number of amides is 3. The Morgan fingerprint density at radius 3 is 2.57 bits per heavy atom. The summed E-state index contributed by atoms with van der Waals surface area (Å²) in [7, 11) is 1.63. The van der Waals surface area contributed by atoms with Crippen molar-refractivity contribution in [2.24, 2.45) is 0 Å². The molecule has 4 rings (SSSR count). The monoisotopic (exact) mass is 404 g/mol. The van der Waals surface area contributed by atoms with E-state index in [1.807, 2.05) is 73.0 Å². The number of hydrogen-bond donors (Lipinski definition) is 2. The van der Waals surface area contributed by atoms with Gasteiger partial charge in [-0.25, -0.2) is 4.79 Å². The molecule has 1 aromatic heterocycles. The van der Waals surface area contributed by atoms with Crippen molar-refractivity contribution >= 4 is 23.3 Å². The summed E-state index contributed by atoms with van der Waals surface area (Å²) in [5.74, 6) is 0.564. The third-order valence-corrected chi connectivity index (χ3v) is 5.26. The third-order valence-electron chi connectivity index (χ3n) is 5.26. The molecule has 0 aliphatic carbocycles. The van der Waals surface area contributed by atoms with Crippen molar-refractivity contribution in [3.63, 3.8) is 0 Å². The van der Waals surface area contributed by atoms with Gasteiger partial charge in [0.15, 0.2) is 0 Å². The number of urea groups is 1. The van der Waals surface area contributed by atoms with E-state index in [9.17, 15) is 9.59 Å². The van der Waals surface area contributed by atoms with Gasteiger partial charge in [0.25, 0.3) is 5.91 Å². The average Bonchev–Trinajstić information content (AvgIpc) is 3.30. The largest absolute Gasteiger partial charge is 0.497 e. The minimum absolute atomic E-state index is 0.125. The van der Waals surface area contributed by atoms with E-state index in [0.29, 0.717) is 24.3 Å². The maximum atomic E-state index is 13.0. The molecule has 30 heavy (non-hydrogen) atoms. The highest BCUT2D eigenvalue weighted by atomic mass is 16.5.